The average Bonchev–Trinajstić information content (AvgIpc) is 3.52. The van der Waals surface area contributed by atoms with Crippen molar-refractivity contribution in [3.63, 3.8) is 0 Å². The van der Waals surface area contributed by atoms with Gasteiger partial charge in [-0.25, -0.2) is 8.42 Å². The van der Waals surface area contributed by atoms with E-state index in [9.17, 15) is 21.6 Å². The largest absolute Gasteiger partial charge is 0.501 e. The molecule has 0 aliphatic carbocycles. The molecule has 0 radical (unpaired) electrons. The fourth-order valence-electron chi connectivity index (χ4n) is 3.79. The van der Waals surface area contributed by atoms with Crippen LogP contribution < -0.4 is 15.5 Å². The van der Waals surface area contributed by atoms with Gasteiger partial charge in [-0.05, 0) is 48.5 Å². The molecule has 3 aromatic heterocycles. The average molecular weight is 541 g/mol. The summed E-state index contributed by atoms with van der Waals surface area (Å²) in [7, 11) is -5.50. The smallest absolute Gasteiger partial charge is 0.385 e. The van der Waals surface area contributed by atoms with Gasteiger partial charge in [-0.1, -0.05) is 24.3 Å². The van der Waals surface area contributed by atoms with Crippen LogP contribution in [-0.2, 0) is 9.84 Å². The van der Waals surface area contributed by atoms with Crippen LogP contribution in [0.5, 0.6) is 11.5 Å². The van der Waals surface area contributed by atoms with Gasteiger partial charge in [-0.3, -0.25) is 14.8 Å². The third kappa shape index (κ3) is 4.81. The normalized spacial score (nSPS) is 11.9. The number of H-pyrrole nitrogens is 2. The molecule has 0 unspecified atom stereocenters. The highest BCUT2D eigenvalue weighted by atomic mass is 32.2. The minimum absolute atomic E-state index is 0.0248. The highest BCUT2D eigenvalue weighted by Crippen LogP contribution is 2.34. The molecular formula is C26H19F3N4O4S. The molecule has 0 atom stereocenters. The van der Waals surface area contributed by atoms with Gasteiger partial charge < -0.3 is 15.7 Å². The summed E-state index contributed by atoms with van der Waals surface area (Å²) in [5, 5.41) is 1.97. The second-order valence-corrected chi connectivity index (χ2v) is 10.1. The quantitative estimate of drug-likeness (QED) is 0.183. The lowest BCUT2D eigenvalue weighted by molar-refractivity contribution is -0.0969. The van der Waals surface area contributed by atoms with Gasteiger partial charge >= 0.3 is 5.51 Å². The molecular weight excluding hydrogens is 521 g/mol. The van der Waals surface area contributed by atoms with Gasteiger partial charge in [0.15, 0.2) is 11.5 Å². The lowest BCUT2D eigenvalue weighted by Crippen LogP contribution is -2.23. The number of fused-ring (bicyclic) bond motifs is 3. The summed E-state index contributed by atoms with van der Waals surface area (Å²) in [5.41, 5.74) is 2.28. The Morgan fingerprint density at radius 2 is 1.55 bits per heavy atom. The van der Waals surface area contributed by atoms with Crippen molar-refractivity contribution < 1.29 is 31.4 Å². The number of aromatic amines is 2. The Hall–Kier alpha value is -4.71. The number of aromatic nitrogens is 3. The van der Waals surface area contributed by atoms with Gasteiger partial charge in [0.2, 0.25) is 0 Å². The van der Waals surface area contributed by atoms with Gasteiger partial charge in [0.25, 0.3) is 9.84 Å². The van der Waals surface area contributed by atoms with Gasteiger partial charge in [-0.2, -0.15) is 13.2 Å². The van der Waals surface area contributed by atoms with Crippen molar-refractivity contribution in [1.82, 2.24) is 15.0 Å². The van der Waals surface area contributed by atoms with E-state index in [1.54, 1.807) is 24.4 Å². The Morgan fingerprint density at radius 1 is 0.816 bits per heavy atom. The number of rotatable bonds is 4. The molecule has 8 nitrogen and oxygen atoms in total. The van der Waals surface area contributed by atoms with Crippen molar-refractivity contribution in [2.75, 3.05) is 5.73 Å². The fraction of sp³-hybridized carbons (Fsp3) is 0.0385. The number of halogens is 3. The zero-order chi connectivity index (χ0) is 26.9. The number of sulfone groups is 1. The third-order valence-corrected chi connectivity index (χ3v) is 7.10. The van der Waals surface area contributed by atoms with E-state index in [1.165, 1.54) is 23.7 Å². The topological polar surface area (TPSA) is 123 Å². The summed E-state index contributed by atoms with van der Waals surface area (Å²) in [6.45, 7) is 0. The molecule has 0 aliphatic heterocycles. The second-order valence-electron chi connectivity index (χ2n) is 8.11. The molecule has 0 fully saturated rings. The van der Waals surface area contributed by atoms with Crippen molar-refractivity contribution in [2.24, 2.45) is 0 Å². The maximum Gasteiger partial charge on any atom is 0.501 e. The first-order chi connectivity index (χ1) is 18.1. The Labute approximate surface area is 213 Å². The van der Waals surface area contributed by atoms with E-state index in [0.29, 0.717) is 5.75 Å². The lowest BCUT2D eigenvalue weighted by Gasteiger charge is -2.11. The molecule has 3 aromatic carbocycles. The Bertz CT molecular complexity index is 1830. The van der Waals surface area contributed by atoms with Crippen LogP contribution in [0.4, 0.5) is 19.0 Å². The van der Waals surface area contributed by atoms with Crippen molar-refractivity contribution in [3.8, 4) is 11.5 Å². The first-order valence-corrected chi connectivity index (χ1v) is 12.6. The molecule has 6 rings (SSSR count). The van der Waals surface area contributed by atoms with Gasteiger partial charge in [0.05, 0.1) is 10.4 Å². The zero-order valence-electron chi connectivity index (χ0n) is 19.4. The summed E-state index contributed by atoms with van der Waals surface area (Å²) in [6, 6.07) is 21.2. The molecule has 4 N–H and O–H groups in total. The van der Waals surface area contributed by atoms with E-state index in [1.807, 2.05) is 36.4 Å². The highest BCUT2D eigenvalue weighted by molar-refractivity contribution is 7.92. The number of hydrogen-bond donors (Lipinski definition) is 3. The van der Waals surface area contributed by atoms with Gasteiger partial charge in [0, 0.05) is 45.7 Å². The number of benzene rings is 3. The molecule has 0 saturated carbocycles. The van der Waals surface area contributed by atoms with Crippen LogP contribution in [0.25, 0.3) is 32.7 Å². The molecule has 194 valence electrons. The number of pyridine rings is 1. The number of anilines is 1. The Morgan fingerprint density at radius 3 is 2.32 bits per heavy atom. The number of nitrogen functional groups attached to an aromatic ring is 1. The lowest BCUT2D eigenvalue weighted by atomic mass is 10.2. The van der Waals surface area contributed by atoms with E-state index in [4.69, 9.17) is 15.5 Å². The van der Waals surface area contributed by atoms with Gasteiger partial charge in [-0.15, -0.1) is 0 Å². The Kier molecular flexibility index (Phi) is 6.33. The first kappa shape index (κ1) is 25.0. The molecule has 6 aromatic rings. The minimum Gasteiger partial charge on any atom is -0.385 e. The molecule has 3 heterocycles. The van der Waals surface area contributed by atoms with Crippen LogP contribution in [-0.4, -0.2) is 28.9 Å². The minimum atomic E-state index is -5.50. The van der Waals surface area contributed by atoms with Crippen molar-refractivity contribution in [3.05, 3.63) is 91.3 Å². The maximum absolute atomic E-state index is 12.8. The monoisotopic (exact) mass is 540 g/mol. The number of nitrogens with two attached hydrogens (primary N) is 1. The summed E-state index contributed by atoms with van der Waals surface area (Å²) >= 11 is 0. The zero-order valence-corrected chi connectivity index (χ0v) is 20.2. The molecule has 0 bridgehead atoms. The molecule has 0 amide bonds. The number of nitrogens with zero attached hydrogens (tertiary/aromatic N) is 1. The molecule has 0 aliphatic rings. The third-order valence-electron chi connectivity index (χ3n) is 5.62. The number of para-hydroxylation sites is 1. The summed E-state index contributed by atoms with van der Waals surface area (Å²) in [4.78, 5) is 19.8. The van der Waals surface area contributed by atoms with Crippen LogP contribution in [0.3, 0.4) is 0 Å². The maximum atomic E-state index is 12.8. The Balaban J connectivity index is 0.000000244. The number of nitrogens with one attached hydrogen (secondary N) is 2. The standard InChI is InChI=1S/C18H11F3N2O4S.C8H8N2/c19-18(20,21)28(24,25)11-4-5-15-13(10-11)17(7-9-23-15)27-26-16-3-1-2-14-12(16)6-8-22-14;9-8-5-6-3-1-2-4-7(6)10-8/h1-10,22H;1-5,10H,9H2. The first-order valence-electron chi connectivity index (χ1n) is 11.1. The van der Waals surface area contributed by atoms with Crippen LogP contribution in [0.1, 0.15) is 0 Å². The second kappa shape index (κ2) is 9.63. The summed E-state index contributed by atoms with van der Waals surface area (Å²) < 4.78 is 61.9. The van der Waals surface area contributed by atoms with E-state index < -0.39 is 20.2 Å². The molecule has 0 spiro atoms. The van der Waals surface area contributed by atoms with Crippen LogP contribution in [0.15, 0.2) is 96.2 Å². The molecule has 0 saturated heterocycles. The van der Waals surface area contributed by atoms with E-state index in [-0.39, 0.29) is 16.7 Å². The van der Waals surface area contributed by atoms with Crippen LogP contribution >= 0.6 is 0 Å². The fourth-order valence-corrected chi connectivity index (χ4v) is 4.58. The molecule has 12 heteroatoms. The van der Waals surface area contributed by atoms with Crippen LogP contribution in [0, 0.1) is 0 Å². The highest BCUT2D eigenvalue weighted by Gasteiger charge is 2.47. The van der Waals surface area contributed by atoms with Gasteiger partial charge in [0.1, 0.15) is 5.82 Å². The predicted molar refractivity (Wildman–Crippen MR) is 137 cm³/mol. The predicted octanol–water partition coefficient (Wildman–Crippen LogP) is 6.13. The summed E-state index contributed by atoms with van der Waals surface area (Å²) in [5.74, 6) is 1.13. The van der Waals surface area contributed by atoms with E-state index in [0.717, 1.165) is 34.4 Å². The number of hydrogen-bond acceptors (Lipinski definition) is 6. The summed E-state index contributed by atoms with van der Waals surface area (Å²) in [6.07, 6.45) is 3.09. The van der Waals surface area contributed by atoms with Crippen LogP contribution in [0.2, 0.25) is 0 Å². The van der Waals surface area contributed by atoms with Crippen molar-refractivity contribution in [2.45, 2.75) is 10.4 Å². The van der Waals surface area contributed by atoms with E-state index >= 15 is 0 Å². The molecule has 38 heavy (non-hydrogen) atoms. The van der Waals surface area contributed by atoms with E-state index in [2.05, 4.69) is 15.0 Å². The van der Waals surface area contributed by atoms with Crippen molar-refractivity contribution in [1.29, 1.82) is 0 Å². The SMILES string of the molecule is Nc1cc2ccccc2[nH]1.O=S(=O)(c1ccc2nccc(OOc3cccc4[nH]ccc34)c2c1)C(F)(F)F. The number of alkyl halides is 3. The van der Waals surface area contributed by atoms with Crippen molar-refractivity contribution >= 4 is 48.4 Å².